The fourth-order valence-electron chi connectivity index (χ4n) is 1.24. The van der Waals surface area contributed by atoms with Gasteiger partial charge in [0.2, 0.25) is 6.08 Å². The van der Waals surface area contributed by atoms with E-state index in [-0.39, 0.29) is 12.3 Å². The van der Waals surface area contributed by atoms with Gasteiger partial charge in [-0.3, -0.25) is 0 Å². The van der Waals surface area contributed by atoms with Crippen LogP contribution >= 0.6 is 15.9 Å². The molecule has 0 radical (unpaired) electrons. The Kier molecular flexibility index (Phi) is 4.34. The van der Waals surface area contributed by atoms with Crippen molar-refractivity contribution in [1.29, 1.82) is 0 Å². The first-order valence-corrected chi connectivity index (χ1v) is 5.11. The number of phenols is 1. The molecule has 16 heavy (non-hydrogen) atoms. The maximum Gasteiger partial charge on any atom is 0.235 e. The van der Waals surface area contributed by atoms with Crippen molar-refractivity contribution < 1.29 is 19.4 Å². The number of nitrogens with zero attached hydrogens (tertiary/aromatic N) is 1. The molecule has 5 nitrogen and oxygen atoms in total. The van der Waals surface area contributed by atoms with Gasteiger partial charge in [-0.2, -0.15) is 0 Å². The van der Waals surface area contributed by atoms with Gasteiger partial charge < -0.3 is 14.6 Å². The highest BCUT2D eigenvalue weighted by molar-refractivity contribution is 9.10. The Balaban J connectivity index is 3.34. The zero-order valence-electron chi connectivity index (χ0n) is 8.78. The lowest BCUT2D eigenvalue weighted by atomic mass is 10.1. The molecule has 0 heterocycles. The largest absolute Gasteiger partial charge is 0.507 e. The van der Waals surface area contributed by atoms with Crippen molar-refractivity contribution in [1.82, 2.24) is 0 Å². The number of hydrogen-bond acceptors (Lipinski definition) is 5. The summed E-state index contributed by atoms with van der Waals surface area (Å²) in [6.07, 6.45) is 1.41. The molecule has 0 unspecified atom stereocenters. The van der Waals surface area contributed by atoms with Gasteiger partial charge in [0.15, 0.2) is 11.5 Å². The van der Waals surface area contributed by atoms with Crippen molar-refractivity contribution in [2.24, 2.45) is 4.99 Å². The van der Waals surface area contributed by atoms with E-state index in [1.807, 2.05) is 0 Å². The highest BCUT2D eigenvalue weighted by Crippen LogP contribution is 2.42. The monoisotopic (exact) mass is 287 g/mol. The summed E-state index contributed by atoms with van der Waals surface area (Å²) < 4.78 is 10.7. The van der Waals surface area contributed by atoms with Gasteiger partial charge in [-0.25, -0.2) is 9.79 Å². The smallest absolute Gasteiger partial charge is 0.235 e. The van der Waals surface area contributed by atoms with Crippen molar-refractivity contribution >= 4 is 22.0 Å². The molecular weight excluding hydrogens is 278 g/mol. The van der Waals surface area contributed by atoms with Crippen LogP contribution in [-0.4, -0.2) is 25.4 Å². The Morgan fingerprint density at radius 2 is 2.19 bits per heavy atom. The second-order valence-corrected chi connectivity index (χ2v) is 3.62. The summed E-state index contributed by atoms with van der Waals surface area (Å²) in [7, 11) is 2.94. The Bertz CT molecular complexity index is 441. The second kappa shape index (κ2) is 5.53. The summed E-state index contributed by atoms with van der Waals surface area (Å²) in [4.78, 5) is 13.4. The Morgan fingerprint density at radius 1 is 1.50 bits per heavy atom. The number of halogens is 1. The molecule has 0 saturated heterocycles. The van der Waals surface area contributed by atoms with Gasteiger partial charge >= 0.3 is 0 Å². The molecule has 0 aliphatic rings. The van der Waals surface area contributed by atoms with Gasteiger partial charge in [0.1, 0.15) is 5.75 Å². The predicted octanol–water partition coefficient (Wildman–Crippen LogP) is 2.01. The van der Waals surface area contributed by atoms with Gasteiger partial charge in [-0.1, -0.05) is 0 Å². The summed E-state index contributed by atoms with van der Waals surface area (Å²) in [6, 6.07) is 1.40. The van der Waals surface area contributed by atoms with E-state index in [1.54, 1.807) is 0 Å². The van der Waals surface area contributed by atoms with Crippen LogP contribution in [0.15, 0.2) is 15.5 Å². The minimum absolute atomic E-state index is 0.0241. The van der Waals surface area contributed by atoms with E-state index in [4.69, 9.17) is 9.47 Å². The molecule has 0 atom stereocenters. The molecule has 0 aromatic heterocycles. The molecule has 0 saturated carbocycles. The van der Waals surface area contributed by atoms with Crippen LogP contribution in [0, 0.1) is 0 Å². The number of carbonyl (C=O) groups excluding carboxylic acids is 1. The minimum atomic E-state index is -0.0245. The molecule has 1 aromatic rings. The van der Waals surface area contributed by atoms with E-state index in [0.29, 0.717) is 21.5 Å². The number of benzene rings is 1. The molecule has 0 bridgehead atoms. The minimum Gasteiger partial charge on any atom is -0.507 e. The van der Waals surface area contributed by atoms with Crippen LogP contribution in [0.4, 0.5) is 0 Å². The van der Waals surface area contributed by atoms with Crippen LogP contribution in [-0.2, 0) is 11.3 Å². The van der Waals surface area contributed by atoms with Crippen molar-refractivity contribution in [3.8, 4) is 17.2 Å². The average molecular weight is 288 g/mol. The Labute approximate surface area is 101 Å². The van der Waals surface area contributed by atoms with E-state index >= 15 is 0 Å². The predicted molar refractivity (Wildman–Crippen MR) is 60.7 cm³/mol. The van der Waals surface area contributed by atoms with E-state index in [2.05, 4.69) is 20.9 Å². The van der Waals surface area contributed by atoms with E-state index in [0.717, 1.165) is 0 Å². The van der Waals surface area contributed by atoms with Gasteiger partial charge in [-0.05, 0) is 15.9 Å². The first-order valence-electron chi connectivity index (χ1n) is 4.31. The molecule has 1 rings (SSSR count). The summed E-state index contributed by atoms with van der Waals surface area (Å²) in [5.74, 6) is 0.811. The molecule has 0 amide bonds. The molecule has 0 aliphatic heterocycles. The number of methoxy groups -OCH3 is 2. The van der Waals surface area contributed by atoms with E-state index in [9.17, 15) is 9.90 Å². The average Bonchev–Trinajstić information content (AvgIpc) is 2.28. The normalized spacial score (nSPS) is 9.44. The third-order valence-corrected chi connectivity index (χ3v) is 2.83. The lowest BCUT2D eigenvalue weighted by molar-refractivity contribution is 0.348. The number of isocyanates is 1. The quantitative estimate of drug-likeness (QED) is 0.679. The van der Waals surface area contributed by atoms with E-state index < -0.39 is 0 Å². The molecule has 86 valence electrons. The standard InChI is InChI=1S/C10H10BrNO4/c1-15-8-3-7(14)6(4-12-5-13)9(11)10(8)16-2/h3,14H,4H2,1-2H3. The first-order chi connectivity index (χ1) is 7.65. The summed E-state index contributed by atoms with van der Waals surface area (Å²) >= 11 is 3.26. The maximum absolute atomic E-state index is 10.0. The molecular formula is C10H10BrNO4. The molecule has 0 spiro atoms. The fraction of sp³-hybridized carbons (Fsp3) is 0.300. The summed E-state index contributed by atoms with van der Waals surface area (Å²) in [5.41, 5.74) is 0.445. The van der Waals surface area contributed by atoms with Crippen LogP contribution in [0.25, 0.3) is 0 Å². The molecule has 6 heteroatoms. The lowest BCUT2D eigenvalue weighted by Crippen LogP contribution is -1.95. The zero-order chi connectivity index (χ0) is 12.1. The summed E-state index contributed by atoms with van der Waals surface area (Å²) in [5, 5.41) is 9.69. The van der Waals surface area contributed by atoms with Crippen molar-refractivity contribution in [2.75, 3.05) is 14.2 Å². The SMILES string of the molecule is COc1cc(O)c(CN=C=O)c(Br)c1OC. The van der Waals surface area contributed by atoms with Gasteiger partial charge in [0.25, 0.3) is 0 Å². The van der Waals surface area contributed by atoms with Crippen LogP contribution in [0.2, 0.25) is 0 Å². The molecule has 0 aliphatic carbocycles. The zero-order valence-corrected chi connectivity index (χ0v) is 10.4. The van der Waals surface area contributed by atoms with Crippen molar-refractivity contribution in [3.05, 3.63) is 16.1 Å². The van der Waals surface area contributed by atoms with Gasteiger partial charge in [0, 0.05) is 11.6 Å². The maximum atomic E-state index is 10.0. The molecule has 1 N–H and O–H groups in total. The third kappa shape index (κ3) is 2.35. The number of hydrogen-bond donors (Lipinski definition) is 1. The van der Waals surface area contributed by atoms with Crippen molar-refractivity contribution in [3.63, 3.8) is 0 Å². The van der Waals surface area contributed by atoms with Crippen LogP contribution in [0.3, 0.4) is 0 Å². The number of aliphatic imine (C=N–C) groups is 1. The van der Waals surface area contributed by atoms with Crippen LogP contribution < -0.4 is 9.47 Å². The van der Waals surface area contributed by atoms with Gasteiger partial charge in [-0.15, -0.1) is 0 Å². The third-order valence-electron chi connectivity index (χ3n) is 1.99. The Morgan fingerprint density at radius 3 is 2.69 bits per heavy atom. The lowest BCUT2D eigenvalue weighted by Gasteiger charge is -2.13. The summed E-state index contributed by atoms with van der Waals surface area (Å²) in [6.45, 7) is 0.0241. The van der Waals surface area contributed by atoms with Crippen molar-refractivity contribution in [2.45, 2.75) is 6.54 Å². The Hall–Kier alpha value is -1.52. The number of ether oxygens (including phenoxy) is 2. The number of rotatable bonds is 4. The first kappa shape index (κ1) is 12.5. The molecule has 1 aromatic carbocycles. The van der Waals surface area contributed by atoms with E-state index in [1.165, 1.54) is 26.4 Å². The van der Waals surface area contributed by atoms with Crippen LogP contribution in [0.1, 0.15) is 5.56 Å². The number of phenolic OH excluding ortho intramolecular Hbond substituents is 1. The van der Waals surface area contributed by atoms with Crippen LogP contribution in [0.5, 0.6) is 17.2 Å². The highest BCUT2D eigenvalue weighted by Gasteiger charge is 2.17. The fourth-order valence-corrected chi connectivity index (χ4v) is 1.92. The second-order valence-electron chi connectivity index (χ2n) is 2.83. The number of aromatic hydroxyl groups is 1. The van der Waals surface area contributed by atoms with Gasteiger partial charge in [0.05, 0.1) is 25.2 Å². The highest BCUT2D eigenvalue weighted by atomic mass is 79.9. The molecule has 0 fully saturated rings. The topological polar surface area (TPSA) is 68.1 Å².